The van der Waals surface area contributed by atoms with Crippen LogP contribution < -0.4 is 0 Å². The molecule has 0 aliphatic carbocycles. The summed E-state index contributed by atoms with van der Waals surface area (Å²) in [6.45, 7) is 17.5. The van der Waals surface area contributed by atoms with E-state index in [1.54, 1.807) is 11.8 Å². The van der Waals surface area contributed by atoms with E-state index >= 15 is 0 Å². The molecule has 0 heterocycles. The molecule has 0 aliphatic heterocycles. The maximum absolute atomic E-state index is 3.88. The molecule has 0 N–H and O–H groups in total. The Morgan fingerprint density at radius 3 is 1.61 bits per heavy atom. The van der Waals surface area contributed by atoms with Gasteiger partial charge >= 0.3 is 0 Å². The Kier molecular flexibility index (Phi) is 5.52. The lowest BCUT2D eigenvalue weighted by atomic mass is 9.89. The maximum Gasteiger partial charge on any atom is 0.0185 e. The molecule has 0 aromatic heterocycles. The standard InChI is InChI=1S/C17H26S/c1-8-18-17-15(12(4)5)9-14(11(2)3)10-16(17)13(6)7/h8-13H,1H2,2-7H3. The molecule has 1 aromatic rings. The first-order valence-electron chi connectivity index (χ1n) is 6.83. The third-order valence-corrected chi connectivity index (χ3v) is 4.15. The van der Waals surface area contributed by atoms with Gasteiger partial charge < -0.3 is 0 Å². The average molecular weight is 262 g/mol. The van der Waals surface area contributed by atoms with Crippen LogP contribution in [0.1, 0.15) is 76.0 Å². The third-order valence-electron chi connectivity index (χ3n) is 3.28. The molecule has 1 heteroatoms. The van der Waals surface area contributed by atoms with E-state index in [4.69, 9.17) is 0 Å². The normalized spacial score (nSPS) is 11.6. The molecular formula is C17H26S. The predicted octanol–water partition coefficient (Wildman–Crippen LogP) is 6.29. The molecule has 0 atom stereocenters. The molecule has 100 valence electrons. The minimum atomic E-state index is 0.559. The van der Waals surface area contributed by atoms with E-state index in [0.29, 0.717) is 17.8 Å². The molecule has 0 fully saturated rings. The summed E-state index contributed by atoms with van der Waals surface area (Å²) < 4.78 is 0. The lowest BCUT2D eigenvalue weighted by Gasteiger charge is -2.21. The molecule has 0 aliphatic rings. The van der Waals surface area contributed by atoms with E-state index in [0.717, 1.165) is 0 Å². The lowest BCUT2D eigenvalue weighted by molar-refractivity contribution is 0.772. The number of benzene rings is 1. The van der Waals surface area contributed by atoms with Gasteiger partial charge in [0.2, 0.25) is 0 Å². The van der Waals surface area contributed by atoms with Crippen molar-refractivity contribution in [2.75, 3.05) is 0 Å². The van der Waals surface area contributed by atoms with Crippen LogP contribution >= 0.6 is 11.8 Å². The Bertz CT molecular complexity index is 385. The summed E-state index contributed by atoms with van der Waals surface area (Å²) in [5.41, 5.74) is 4.39. The van der Waals surface area contributed by atoms with Gasteiger partial charge in [0.1, 0.15) is 0 Å². The van der Waals surface area contributed by atoms with Gasteiger partial charge in [-0.2, -0.15) is 0 Å². The molecule has 0 unspecified atom stereocenters. The van der Waals surface area contributed by atoms with Crippen molar-refractivity contribution in [3.63, 3.8) is 0 Å². The highest BCUT2D eigenvalue weighted by Crippen LogP contribution is 2.38. The fraction of sp³-hybridized carbons (Fsp3) is 0.529. The molecule has 0 spiro atoms. The number of thioether (sulfide) groups is 1. The third kappa shape index (κ3) is 3.41. The van der Waals surface area contributed by atoms with Gasteiger partial charge in [0.15, 0.2) is 0 Å². The number of hydrogen-bond acceptors (Lipinski definition) is 1. The molecule has 0 saturated heterocycles. The predicted molar refractivity (Wildman–Crippen MR) is 84.8 cm³/mol. The first kappa shape index (κ1) is 15.4. The van der Waals surface area contributed by atoms with Crippen molar-refractivity contribution in [1.82, 2.24) is 0 Å². The largest absolute Gasteiger partial charge is 0.0981 e. The summed E-state index contributed by atoms with van der Waals surface area (Å²) in [5.74, 6) is 1.70. The van der Waals surface area contributed by atoms with Crippen molar-refractivity contribution in [1.29, 1.82) is 0 Å². The second kappa shape index (κ2) is 6.47. The minimum absolute atomic E-state index is 0.559. The monoisotopic (exact) mass is 262 g/mol. The van der Waals surface area contributed by atoms with Crippen molar-refractivity contribution < 1.29 is 0 Å². The van der Waals surface area contributed by atoms with Crippen molar-refractivity contribution in [2.24, 2.45) is 0 Å². The highest BCUT2D eigenvalue weighted by atomic mass is 32.2. The van der Waals surface area contributed by atoms with E-state index in [9.17, 15) is 0 Å². The fourth-order valence-corrected chi connectivity index (χ4v) is 3.14. The molecule has 0 amide bonds. The zero-order valence-corrected chi connectivity index (χ0v) is 13.4. The zero-order valence-electron chi connectivity index (χ0n) is 12.6. The van der Waals surface area contributed by atoms with E-state index in [-0.39, 0.29) is 0 Å². The van der Waals surface area contributed by atoms with Gasteiger partial charge in [-0.05, 0) is 39.9 Å². The van der Waals surface area contributed by atoms with Crippen LogP contribution in [-0.4, -0.2) is 0 Å². The highest BCUT2D eigenvalue weighted by molar-refractivity contribution is 8.02. The van der Waals surface area contributed by atoms with Crippen LogP contribution in [0.3, 0.4) is 0 Å². The Hall–Kier alpha value is -0.690. The Labute approximate surface area is 117 Å². The summed E-state index contributed by atoms with van der Waals surface area (Å²) in [5, 5.41) is 1.95. The molecule has 0 saturated carbocycles. The number of rotatable bonds is 5. The summed E-state index contributed by atoms with van der Waals surface area (Å²) in [7, 11) is 0. The van der Waals surface area contributed by atoms with E-state index < -0.39 is 0 Å². The SMILES string of the molecule is C=CSc1c(C(C)C)cc(C(C)C)cc1C(C)C. The lowest BCUT2D eigenvalue weighted by Crippen LogP contribution is -2.02. The molecule has 1 aromatic carbocycles. The quantitative estimate of drug-likeness (QED) is 0.562. The van der Waals surface area contributed by atoms with Crippen molar-refractivity contribution >= 4 is 11.8 Å². The molecular weight excluding hydrogens is 236 g/mol. The van der Waals surface area contributed by atoms with Crippen LogP contribution in [0.5, 0.6) is 0 Å². The molecule has 0 bridgehead atoms. The van der Waals surface area contributed by atoms with Crippen molar-refractivity contribution in [3.8, 4) is 0 Å². The van der Waals surface area contributed by atoms with E-state index in [1.807, 2.05) is 5.41 Å². The van der Waals surface area contributed by atoms with Gasteiger partial charge in [-0.25, -0.2) is 0 Å². The van der Waals surface area contributed by atoms with Crippen LogP contribution in [0, 0.1) is 0 Å². The summed E-state index contributed by atoms with van der Waals surface area (Å²) >= 11 is 1.77. The van der Waals surface area contributed by atoms with Gasteiger partial charge in [-0.1, -0.05) is 72.0 Å². The van der Waals surface area contributed by atoms with Gasteiger partial charge in [0, 0.05) is 4.90 Å². The average Bonchev–Trinajstić information content (AvgIpc) is 2.28. The van der Waals surface area contributed by atoms with Gasteiger partial charge in [-0.15, -0.1) is 0 Å². The van der Waals surface area contributed by atoms with E-state index in [1.165, 1.54) is 21.6 Å². The fourth-order valence-electron chi connectivity index (χ4n) is 2.11. The van der Waals surface area contributed by atoms with Crippen molar-refractivity contribution in [2.45, 2.75) is 64.2 Å². The Balaban J connectivity index is 3.49. The Morgan fingerprint density at radius 1 is 0.889 bits per heavy atom. The number of hydrogen-bond donors (Lipinski definition) is 0. The molecule has 1 rings (SSSR count). The van der Waals surface area contributed by atoms with Crippen LogP contribution in [0.2, 0.25) is 0 Å². The van der Waals surface area contributed by atoms with Crippen LogP contribution in [-0.2, 0) is 0 Å². The molecule has 0 radical (unpaired) electrons. The maximum atomic E-state index is 3.88. The van der Waals surface area contributed by atoms with Crippen LogP contribution in [0.15, 0.2) is 29.0 Å². The second-order valence-electron chi connectivity index (χ2n) is 5.78. The van der Waals surface area contributed by atoms with E-state index in [2.05, 4.69) is 60.3 Å². The van der Waals surface area contributed by atoms with Gasteiger partial charge in [0.25, 0.3) is 0 Å². The van der Waals surface area contributed by atoms with Gasteiger partial charge in [0.05, 0.1) is 0 Å². The summed E-state index contributed by atoms with van der Waals surface area (Å²) in [4.78, 5) is 1.42. The molecule has 0 nitrogen and oxygen atoms in total. The smallest absolute Gasteiger partial charge is 0.0185 e. The zero-order chi connectivity index (χ0) is 13.9. The highest BCUT2D eigenvalue weighted by Gasteiger charge is 2.16. The van der Waals surface area contributed by atoms with Gasteiger partial charge in [-0.3, -0.25) is 0 Å². The van der Waals surface area contributed by atoms with Crippen LogP contribution in [0.25, 0.3) is 0 Å². The second-order valence-corrected chi connectivity index (χ2v) is 6.75. The first-order chi connectivity index (χ1) is 8.38. The molecule has 18 heavy (non-hydrogen) atoms. The summed E-state index contributed by atoms with van der Waals surface area (Å²) in [6, 6.07) is 4.76. The summed E-state index contributed by atoms with van der Waals surface area (Å²) in [6.07, 6.45) is 0. The first-order valence-corrected chi connectivity index (χ1v) is 7.71. The Morgan fingerprint density at radius 2 is 1.33 bits per heavy atom. The van der Waals surface area contributed by atoms with Crippen molar-refractivity contribution in [3.05, 3.63) is 40.8 Å². The topological polar surface area (TPSA) is 0 Å². The van der Waals surface area contributed by atoms with Crippen LogP contribution in [0.4, 0.5) is 0 Å². The minimum Gasteiger partial charge on any atom is -0.0981 e.